The number of amides is 1. The van der Waals surface area contributed by atoms with Gasteiger partial charge in [0.05, 0.1) is 19.3 Å². The molecule has 2 bridgehead atoms. The van der Waals surface area contributed by atoms with E-state index in [0.29, 0.717) is 51.1 Å². The number of nitrogens with zero attached hydrogens (tertiary/aromatic N) is 1. The number of H-pyrrole nitrogens is 1. The molecule has 1 spiro atoms. The van der Waals surface area contributed by atoms with Crippen molar-refractivity contribution in [3.05, 3.63) is 47.2 Å². The van der Waals surface area contributed by atoms with Crippen LogP contribution in [0.2, 0.25) is 0 Å². The molecule has 3 aliphatic carbocycles. The lowest BCUT2D eigenvalue weighted by atomic mass is 9.41. The van der Waals surface area contributed by atoms with Crippen molar-refractivity contribution in [2.45, 2.75) is 88.0 Å². The number of aromatic nitrogens is 1. The fourth-order valence-electron chi connectivity index (χ4n) is 9.66. The third kappa shape index (κ3) is 3.16. The van der Waals surface area contributed by atoms with Crippen molar-refractivity contribution in [1.82, 2.24) is 9.88 Å². The zero-order valence-electron chi connectivity index (χ0n) is 24.8. The Hall–Kier alpha value is -2.56. The molecule has 9 heteroatoms. The molecule has 1 amide bonds. The molecule has 8 rings (SSSR count). The van der Waals surface area contributed by atoms with Gasteiger partial charge in [0.2, 0.25) is 5.91 Å². The molecule has 9 nitrogen and oxygen atoms in total. The lowest BCUT2D eigenvalue weighted by Crippen LogP contribution is -2.75. The molecular weight excluding hydrogens is 536 g/mol. The first-order chi connectivity index (χ1) is 19.9. The van der Waals surface area contributed by atoms with Crippen LogP contribution in [0.1, 0.15) is 58.2 Å². The number of benzene rings is 1. The highest BCUT2D eigenvalue weighted by Crippen LogP contribution is 2.72. The van der Waals surface area contributed by atoms with Crippen LogP contribution >= 0.6 is 0 Å². The van der Waals surface area contributed by atoms with Crippen molar-refractivity contribution in [1.29, 1.82) is 0 Å². The van der Waals surface area contributed by atoms with E-state index in [4.69, 9.17) is 18.9 Å². The summed E-state index contributed by atoms with van der Waals surface area (Å²) in [6, 6.07) is 8.37. The van der Waals surface area contributed by atoms with Crippen LogP contribution in [0.15, 0.2) is 35.9 Å². The molecule has 4 heterocycles. The largest absolute Gasteiger partial charge is 0.382 e. The van der Waals surface area contributed by atoms with Crippen molar-refractivity contribution in [3.63, 3.8) is 0 Å². The predicted octanol–water partition coefficient (Wildman–Crippen LogP) is 3.18. The summed E-state index contributed by atoms with van der Waals surface area (Å²) in [5.74, 6) is -1.36. The van der Waals surface area contributed by atoms with E-state index in [-0.39, 0.29) is 24.2 Å². The van der Waals surface area contributed by atoms with Gasteiger partial charge in [-0.1, -0.05) is 32.0 Å². The Morgan fingerprint density at radius 2 is 1.90 bits per heavy atom. The second kappa shape index (κ2) is 8.54. The molecule has 2 N–H and O–H groups in total. The number of carbonyl (C=O) groups is 2. The standard InChI is InChI=1S/C33H40N2O7/c1-29(2)28-23(36)17-24-32(41-28,42-29)10-9-30(3)31(4)19(15-21-20-7-5-6-8-22(20)34-27(21)31)16-25(33(24,30)38)40-18-26(37)35-11-13-39-14-12-35/h5-8,17,19,25,28,34,38H,9-16,18H2,1-4H3/t19-,25+,28+,30-,31-,32+,33+/m1/s1. The number of ether oxygens (including phenoxy) is 4. The number of fused-ring (bicyclic) bond motifs is 9. The van der Waals surface area contributed by atoms with Crippen LogP contribution < -0.4 is 0 Å². The predicted molar refractivity (Wildman–Crippen MR) is 153 cm³/mol. The van der Waals surface area contributed by atoms with Crippen LogP contribution in [0.5, 0.6) is 0 Å². The molecule has 1 aromatic carbocycles. The number of ketones is 1. The molecule has 4 fully saturated rings. The van der Waals surface area contributed by atoms with Crippen LogP contribution in [-0.2, 0) is 40.4 Å². The van der Waals surface area contributed by atoms with Crippen LogP contribution in [0.25, 0.3) is 10.9 Å². The molecule has 3 aliphatic heterocycles. The Morgan fingerprint density at radius 3 is 2.69 bits per heavy atom. The monoisotopic (exact) mass is 576 g/mol. The maximum absolute atomic E-state index is 13.5. The summed E-state index contributed by atoms with van der Waals surface area (Å²) in [6.07, 6.45) is 2.62. The molecule has 6 aliphatic rings. The Labute approximate surface area is 245 Å². The number of hydrogen-bond donors (Lipinski definition) is 2. The molecule has 2 aromatic rings. The second-order valence-electron chi connectivity index (χ2n) is 14.2. The highest BCUT2D eigenvalue weighted by molar-refractivity contribution is 5.97. The highest BCUT2D eigenvalue weighted by atomic mass is 16.8. The topological polar surface area (TPSA) is 110 Å². The minimum Gasteiger partial charge on any atom is -0.382 e. The van der Waals surface area contributed by atoms with Gasteiger partial charge in [-0.15, -0.1) is 0 Å². The van der Waals surface area contributed by atoms with Crippen molar-refractivity contribution in [2.24, 2.45) is 11.3 Å². The van der Waals surface area contributed by atoms with Gasteiger partial charge in [0.25, 0.3) is 0 Å². The van der Waals surface area contributed by atoms with Gasteiger partial charge in [0, 0.05) is 52.5 Å². The van der Waals surface area contributed by atoms with Gasteiger partial charge in [0.1, 0.15) is 17.8 Å². The number of aliphatic hydroxyl groups is 1. The Balaban J connectivity index is 1.26. The number of aromatic amines is 1. The molecule has 2 saturated carbocycles. The van der Waals surface area contributed by atoms with Gasteiger partial charge in [0.15, 0.2) is 17.7 Å². The van der Waals surface area contributed by atoms with E-state index in [0.717, 1.165) is 17.6 Å². The molecular formula is C33H40N2O7. The Morgan fingerprint density at radius 1 is 1.14 bits per heavy atom. The van der Waals surface area contributed by atoms with Crippen LogP contribution in [0, 0.1) is 11.3 Å². The first kappa shape index (κ1) is 27.0. The summed E-state index contributed by atoms with van der Waals surface area (Å²) in [5.41, 5.74) is 0.311. The van der Waals surface area contributed by atoms with Crippen LogP contribution in [0.3, 0.4) is 0 Å². The van der Waals surface area contributed by atoms with Crippen molar-refractivity contribution in [2.75, 3.05) is 32.9 Å². The summed E-state index contributed by atoms with van der Waals surface area (Å²) >= 11 is 0. The lowest BCUT2D eigenvalue weighted by Gasteiger charge is -2.67. The van der Waals surface area contributed by atoms with Crippen molar-refractivity contribution < 1.29 is 33.6 Å². The molecule has 1 aromatic heterocycles. The fraction of sp³-hybridized carbons (Fsp3) is 0.636. The molecule has 0 radical (unpaired) electrons. The SMILES string of the molecule is CC1(C)O[C@@]23CC[C@]4(C)[C@@]5(C)c6[nH]c7ccccc7c6C[C@@H]5C[C@H](OCC(=O)N5CCOCC5)[C@@]4(O)C2=CC(=O)[C@@H]1O3. The van der Waals surface area contributed by atoms with Gasteiger partial charge < -0.3 is 33.9 Å². The summed E-state index contributed by atoms with van der Waals surface area (Å²) < 4.78 is 25.0. The number of rotatable bonds is 3. The Bertz CT molecular complexity index is 1540. The number of hydrogen-bond acceptors (Lipinski definition) is 7. The number of nitrogens with one attached hydrogen (secondary N) is 1. The summed E-state index contributed by atoms with van der Waals surface area (Å²) in [5, 5.41) is 14.6. The zero-order chi connectivity index (χ0) is 29.3. The minimum atomic E-state index is -1.62. The van der Waals surface area contributed by atoms with E-state index in [9.17, 15) is 14.7 Å². The van der Waals surface area contributed by atoms with E-state index >= 15 is 0 Å². The third-order valence-corrected chi connectivity index (χ3v) is 12.0. The smallest absolute Gasteiger partial charge is 0.248 e. The second-order valence-corrected chi connectivity index (χ2v) is 14.2. The van der Waals surface area contributed by atoms with E-state index in [2.05, 4.69) is 37.0 Å². The molecule has 2 saturated heterocycles. The molecule has 0 unspecified atom stereocenters. The highest BCUT2D eigenvalue weighted by Gasteiger charge is 2.78. The summed E-state index contributed by atoms with van der Waals surface area (Å²) in [6.45, 7) is 10.1. The van der Waals surface area contributed by atoms with Crippen molar-refractivity contribution in [3.8, 4) is 0 Å². The average Bonchev–Trinajstić information content (AvgIpc) is 3.56. The lowest BCUT2D eigenvalue weighted by molar-refractivity contribution is -0.280. The van der Waals surface area contributed by atoms with E-state index in [1.165, 1.54) is 10.9 Å². The first-order valence-corrected chi connectivity index (χ1v) is 15.4. The zero-order valence-corrected chi connectivity index (χ0v) is 24.8. The van der Waals surface area contributed by atoms with Crippen LogP contribution in [0.4, 0.5) is 0 Å². The van der Waals surface area contributed by atoms with E-state index in [1.807, 2.05) is 19.9 Å². The van der Waals surface area contributed by atoms with Gasteiger partial charge in [-0.25, -0.2) is 0 Å². The maximum Gasteiger partial charge on any atom is 0.248 e. The average molecular weight is 577 g/mol. The molecule has 7 atom stereocenters. The van der Waals surface area contributed by atoms with Gasteiger partial charge >= 0.3 is 0 Å². The van der Waals surface area contributed by atoms with Crippen LogP contribution in [-0.4, -0.2) is 88.8 Å². The number of para-hydroxylation sites is 1. The normalized spacial score (nSPS) is 41.6. The Kier molecular flexibility index (Phi) is 5.49. The maximum atomic E-state index is 13.5. The number of morpholine rings is 1. The number of carbonyl (C=O) groups excluding carboxylic acids is 2. The van der Waals surface area contributed by atoms with Gasteiger partial charge in [-0.2, -0.15) is 0 Å². The van der Waals surface area contributed by atoms with E-state index < -0.39 is 40.0 Å². The third-order valence-electron chi connectivity index (χ3n) is 12.0. The fourth-order valence-corrected chi connectivity index (χ4v) is 9.66. The van der Waals surface area contributed by atoms with Gasteiger partial charge in [-0.05, 0) is 56.7 Å². The minimum absolute atomic E-state index is 0.117. The molecule has 224 valence electrons. The first-order valence-electron chi connectivity index (χ1n) is 15.4. The summed E-state index contributed by atoms with van der Waals surface area (Å²) in [7, 11) is 0. The molecule has 42 heavy (non-hydrogen) atoms. The summed E-state index contributed by atoms with van der Waals surface area (Å²) in [4.78, 5) is 32.3. The van der Waals surface area contributed by atoms with E-state index in [1.54, 1.807) is 11.0 Å². The van der Waals surface area contributed by atoms with Crippen molar-refractivity contribution >= 4 is 22.6 Å². The van der Waals surface area contributed by atoms with Gasteiger partial charge in [-0.3, -0.25) is 9.59 Å². The quantitative estimate of drug-likeness (QED) is 0.578.